The van der Waals surface area contributed by atoms with Crippen LogP contribution in [-0.2, 0) is 0 Å². The van der Waals surface area contributed by atoms with Crippen LogP contribution in [0.5, 0.6) is 0 Å². The third kappa shape index (κ3) is 4.47. The molecular formula is C12H16BrNO. The minimum Gasteiger partial charge on any atom is -0.352 e. The maximum absolute atomic E-state index is 11.6. The van der Waals surface area contributed by atoms with Gasteiger partial charge in [-0.2, -0.15) is 0 Å². The lowest BCUT2D eigenvalue weighted by molar-refractivity contribution is 0.0953. The van der Waals surface area contributed by atoms with Crippen LogP contribution in [0.1, 0.15) is 28.8 Å². The summed E-state index contributed by atoms with van der Waals surface area (Å²) in [6.07, 6.45) is 2.11. The summed E-state index contributed by atoms with van der Waals surface area (Å²) in [5, 5.41) is 3.89. The van der Waals surface area contributed by atoms with Crippen LogP contribution in [0.2, 0.25) is 0 Å². The Hall–Kier alpha value is -0.830. The van der Waals surface area contributed by atoms with E-state index in [1.165, 1.54) is 0 Å². The van der Waals surface area contributed by atoms with Crippen molar-refractivity contribution in [3.8, 4) is 0 Å². The van der Waals surface area contributed by atoms with Gasteiger partial charge in [-0.05, 0) is 31.9 Å². The third-order valence-electron chi connectivity index (χ3n) is 2.13. The number of amides is 1. The Morgan fingerprint density at radius 2 is 2.20 bits per heavy atom. The quantitative estimate of drug-likeness (QED) is 0.647. The summed E-state index contributed by atoms with van der Waals surface area (Å²) in [7, 11) is 0. The van der Waals surface area contributed by atoms with Crippen molar-refractivity contribution in [1.82, 2.24) is 5.32 Å². The maximum Gasteiger partial charge on any atom is 0.251 e. The van der Waals surface area contributed by atoms with E-state index in [1.807, 2.05) is 31.2 Å². The zero-order valence-corrected chi connectivity index (χ0v) is 10.5. The van der Waals surface area contributed by atoms with Gasteiger partial charge < -0.3 is 5.32 Å². The van der Waals surface area contributed by atoms with E-state index in [1.54, 1.807) is 0 Å². The van der Waals surface area contributed by atoms with Gasteiger partial charge in [-0.15, -0.1) is 0 Å². The van der Waals surface area contributed by atoms with E-state index in [0.29, 0.717) is 0 Å². The number of hydrogen-bond acceptors (Lipinski definition) is 1. The van der Waals surface area contributed by atoms with Gasteiger partial charge in [-0.1, -0.05) is 33.6 Å². The van der Waals surface area contributed by atoms with Crippen LogP contribution >= 0.6 is 15.9 Å². The summed E-state index contributed by atoms with van der Waals surface area (Å²) >= 11 is 3.36. The number of benzene rings is 1. The smallest absolute Gasteiger partial charge is 0.251 e. The summed E-state index contributed by atoms with van der Waals surface area (Å²) in [6.45, 7) is 2.74. The number of rotatable bonds is 5. The Morgan fingerprint density at radius 3 is 2.87 bits per heavy atom. The second-order valence-electron chi connectivity index (χ2n) is 3.52. The number of aryl methyl sites for hydroxylation is 1. The van der Waals surface area contributed by atoms with E-state index >= 15 is 0 Å². The van der Waals surface area contributed by atoms with Crippen molar-refractivity contribution < 1.29 is 4.79 Å². The number of hydrogen-bond donors (Lipinski definition) is 1. The average Bonchev–Trinajstić information content (AvgIpc) is 2.24. The summed E-state index contributed by atoms with van der Waals surface area (Å²) in [5.74, 6) is 0.0215. The van der Waals surface area contributed by atoms with E-state index < -0.39 is 0 Å². The first kappa shape index (κ1) is 12.2. The minimum atomic E-state index is 0.0215. The van der Waals surface area contributed by atoms with Crippen molar-refractivity contribution in [1.29, 1.82) is 0 Å². The molecule has 0 aliphatic rings. The number of carbonyl (C=O) groups is 1. The lowest BCUT2D eigenvalue weighted by Crippen LogP contribution is -2.24. The van der Waals surface area contributed by atoms with Crippen molar-refractivity contribution in [2.24, 2.45) is 0 Å². The van der Waals surface area contributed by atoms with Crippen molar-refractivity contribution in [2.45, 2.75) is 19.8 Å². The van der Waals surface area contributed by atoms with E-state index in [0.717, 1.165) is 35.8 Å². The molecule has 3 heteroatoms. The highest BCUT2D eigenvalue weighted by Gasteiger charge is 2.03. The summed E-state index contributed by atoms with van der Waals surface area (Å²) < 4.78 is 0. The fraction of sp³-hybridized carbons (Fsp3) is 0.417. The van der Waals surface area contributed by atoms with Crippen LogP contribution < -0.4 is 5.32 Å². The average molecular weight is 270 g/mol. The molecule has 0 atom stereocenters. The maximum atomic E-state index is 11.6. The van der Waals surface area contributed by atoms with E-state index in [-0.39, 0.29) is 5.91 Å². The molecule has 15 heavy (non-hydrogen) atoms. The molecule has 0 heterocycles. The van der Waals surface area contributed by atoms with E-state index in [4.69, 9.17) is 0 Å². The number of unbranched alkanes of at least 4 members (excludes halogenated alkanes) is 1. The molecule has 1 amide bonds. The van der Waals surface area contributed by atoms with Gasteiger partial charge in [0.1, 0.15) is 0 Å². The molecule has 0 aliphatic carbocycles. The van der Waals surface area contributed by atoms with Crippen LogP contribution in [0.3, 0.4) is 0 Å². The largest absolute Gasteiger partial charge is 0.352 e. The molecule has 1 aromatic carbocycles. The summed E-state index contributed by atoms with van der Waals surface area (Å²) in [4.78, 5) is 11.6. The zero-order valence-electron chi connectivity index (χ0n) is 8.92. The zero-order chi connectivity index (χ0) is 11.1. The molecule has 0 aliphatic heterocycles. The highest BCUT2D eigenvalue weighted by atomic mass is 79.9. The monoisotopic (exact) mass is 269 g/mol. The molecule has 1 rings (SSSR count). The molecular weight excluding hydrogens is 254 g/mol. The molecule has 0 aromatic heterocycles. The Bertz CT molecular complexity index is 325. The Labute approximate surface area is 99.2 Å². The predicted octanol–water partition coefficient (Wildman–Crippen LogP) is 2.90. The number of carbonyl (C=O) groups excluding carboxylic acids is 1. The number of nitrogens with one attached hydrogen (secondary N) is 1. The standard InChI is InChI=1S/C12H16BrNO/c1-10-5-4-6-11(9-10)12(15)14-8-3-2-7-13/h4-6,9H,2-3,7-8H2,1H3,(H,14,15). The van der Waals surface area contributed by atoms with Crippen LogP contribution in [0, 0.1) is 6.92 Å². The van der Waals surface area contributed by atoms with E-state index in [2.05, 4.69) is 21.2 Å². The van der Waals surface area contributed by atoms with Crippen molar-refractivity contribution in [3.63, 3.8) is 0 Å². The molecule has 0 spiro atoms. The van der Waals surface area contributed by atoms with Crippen LogP contribution in [0.15, 0.2) is 24.3 Å². The van der Waals surface area contributed by atoms with Gasteiger partial charge in [0.2, 0.25) is 0 Å². The topological polar surface area (TPSA) is 29.1 Å². The number of halogens is 1. The van der Waals surface area contributed by atoms with Crippen molar-refractivity contribution >= 4 is 21.8 Å². The normalized spacial score (nSPS) is 10.0. The molecule has 0 radical (unpaired) electrons. The molecule has 0 bridgehead atoms. The van der Waals surface area contributed by atoms with Gasteiger partial charge in [0.15, 0.2) is 0 Å². The SMILES string of the molecule is Cc1cccc(C(=O)NCCCCBr)c1. The molecule has 0 unspecified atom stereocenters. The highest BCUT2D eigenvalue weighted by Crippen LogP contribution is 2.03. The van der Waals surface area contributed by atoms with Crippen molar-refractivity contribution in [3.05, 3.63) is 35.4 Å². The molecule has 0 saturated carbocycles. The molecule has 1 N–H and O–H groups in total. The van der Waals surface area contributed by atoms with Gasteiger partial charge in [-0.25, -0.2) is 0 Å². The Kier molecular flexibility index (Phi) is 5.40. The fourth-order valence-corrected chi connectivity index (χ4v) is 1.71. The number of alkyl halides is 1. The van der Waals surface area contributed by atoms with Gasteiger partial charge in [0, 0.05) is 17.4 Å². The molecule has 1 aromatic rings. The summed E-state index contributed by atoms with van der Waals surface area (Å²) in [6, 6.07) is 7.64. The fourth-order valence-electron chi connectivity index (χ4n) is 1.31. The van der Waals surface area contributed by atoms with E-state index in [9.17, 15) is 4.79 Å². The molecule has 0 saturated heterocycles. The summed E-state index contributed by atoms with van der Waals surface area (Å²) in [5.41, 5.74) is 1.86. The Balaban J connectivity index is 2.40. The first-order valence-electron chi connectivity index (χ1n) is 5.15. The Morgan fingerprint density at radius 1 is 1.40 bits per heavy atom. The van der Waals surface area contributed by atoms with Crippen molar-refractivity contribution in [2.75, 3.05) is 11.9 Å². The van der Waals surface area contributed by atoms with Gasteiger partial charge in [0.25, 0.3) is 5.91 Å². The lowest BCUT2D eigenvalue weighted by Gasteiger charge is -2.04. The molecule has 82 valence electrons. The minimum absolute atomic E-state index is 0.0215. The third-order valence-corrected chi connectivity index (χ3v) is 2.69. The highest BCUT2D eigenvalue weighted by molar-refractivity contribution is 9.09. The molecule has 2 nitrogen and oxygen atoms in total. The van der Waals surface area contributed by atoms with Crippen LogP contribution in [0.4, 0.5) is 0 Å². The van der Waals surface area contributed by atoms with Crippen LogP contribution in [0.25, 0.3) is 0 Å². The first-order valence-corrected chi connectivity index (χ1v) is 6.27. The van der Waals surface area contributed by atoms with Gasteiger partial charge >= 0.3 is 0 Å². The second-order valence-corrected chi connectivity index (χ2v) is 4.31. The van der Waals surface area contributed by atoms with Gasteiger partial charge in [-0.3, -0.25) is 4.79 Å². The molecule has 0 fully saturated rings. The van der Waals surface area contributed by atoms with Gasteiger partial charge in [0.05, 0.1) is 0 Å². The van der Waals surface area contributed by atoms with Crippen LogP contribution in [-0.4, -0.2) is 17.8 Å². The lowest BCUT2D eigenvalue weighted by atomic mass is 10.1. The predicted molar refractivity (Wildman–Crippen MR) is 66.5 cm³/mol. The second kappa shape index (κ2) is 6.62. The first-order chi connectivity index (χ1) is 7.24.